The third kappa shape index (κ3) is 3.78. The largest absolute Gasteiger partial charge is 0.493 e. The molecule has 0 fully saturated rings. The summed E-state index contributed by atoms with van der Waals surface area (Å²) in [6, 6.07) is 5.02. The molecule has 1 aromatic rings. The van der Waals surface area contributed by atoms with Gasteiger partial charge in [0.25, 0.3) is 5.91 Å². The molecule has 0 radical (unpaired) electrons. The number of amides is 1. The van der Waals surface area contributed by atoms with Crippen molar-refractivity contribution in [3.63, 3.8) is 0 Å². The lowest BCUT2D eigenvalue weighted by Gasteiger charge is -2.09. The Bertz CT molecular complexity index is 430. The fraction of sp³-hybridized carbons (Fsp3) is 0.308. The van der Waals surface area contributed by atoms with Gasteiger partial charge in [-0.15, -0.1) is 0 Å². The molecule has 0 spiro atoms. The molecule has 18 heavy (non-hydrogen) atoms. The van der Waals surface area contributed by atoms with E-state index >= 15 is 0 Å². The van der Waals surface area contributed by atoms with E-state index in [0.717, 1.165) is 0 Å². The number of benzene rings is 1. The smallest absolute Gasteiger partial charge is 0.251 e. The summed E-state index contributed by atoms with van der Waals surface area (Å²) in [4.78, 5) is 11.8. The monoisotopic (exact) mass is 250 g/mol. The molecule has 0 aliphatic heterocycles. The average Bonchev–Trinajstić information content (AvgIpc) is 2.42. The lowest BCUT2D eigenvalue weighted by atomic mass is 10.2. The van der Waals surface area contributed by atoms with E-state index in [9.17, 15) is 4.79 Å². The highest BCUT2D eigenvalue weighted by Gasteiger charge is 2.09. The van der Waals surface area contributed by atoms with E-state index in [0.29, 0.717) is 30.2 Å². The molecule has 98 valence electrons. The van der Waals surface area contributed by atoms with Crippen molar-refractivity contribution in [2.24, 2.45) is 5.73 Å². The second kappa shape index (κ2) is 7.34. The maximum atomic E-state index is 11.8. The third-order valence-electron chi connectivity index (χ3n) is 2.33. The van der Waals surface area contributed by atoms with Crippen LogP contribution in [0.2, 0.25) is 0 Å². The summed E-state index contributed by atoms with van der Waals surface area (Å²) >= 11 is 0. The number of hydrogen-bond donors (Lipinski definition) is 2. The lowest BCUT2D eigenvalue weighted by molar-refractivity contribution is 0.0957. The van der Waals surface area contributed by atoms with E-state index in [1.165, 1.54) is 7.11 Å². The van der Waals surface area contributed by atoms with Crippen molar-refractivity contribution >= 4 is 5.91 Å². The van der Waals surface area contributed by atoms with Crippen molar-refractivity contribution in [1.82, 2.24) is 5.32 Å². The molecule has 0 atom stereocenters. The van der Waals surface area contributed by atoms with E-state index in [1.807, 2.05) is 0 Å². The topological polar surface area (TPSA) is 73.6 Å². The minimum atomic E-state index is -0.169. The van der Waals surface area contributed by atoms with Crippen molar-refractivity contribution in [3.8, 4) is 11.5 Å². The minimum absolute atomic E-state index is 0.169. The summed E-state index contributed by atoms with van der Waals surface area (Å²) in [6.07, 6.45) is 3.59. The number of ether oxygens (including phenoxy) is 2. The van der Waals surface area contributed by atoms with Gasteiger partial charge in [-0.3, -0.25) is 4.79 Å². The molecule has 1 rings (SSSR count). The first-order chi connectivity index (χ1) is 8.72. The van der Waals surface area contributed by atoms with Crippen molar-refractivity contribution in [1.29, 1.82) is 0 Å². The molecule has 0 aromatic heterocycles. The predicted molar refractivity (Wildman–Crippen MR) is 70.1 cm³/mol. The molecule has 0 aliphatic rings. The molecule has 0 bridgehead atoms. The van der Waals surface area contributed by atoms with E-state index in [-0.39, 0.29) is 5.91 Å². The molecule has 0 saturated heterocycles. The van der Waals surface area contributed by atoms with Gasteiger partial charge in [0.15, 0.2) is 11.5 Å². The Hall–Kier alpha value is -2.01. The van der Waals surface area contributed by atoms with Crippen molar-refractivity contribution in [2.75, 3.05) is 27.3 Å². The summed E-state index contributed by atoms with van der Waals surface area (Å²) in [5.74, 6) is 0.956. The first-order valence-corrected chi connectivity index (χ1v) is 5.58. The Balaban J connectivity index is 2.71. The second-order valence-electron chi connectivity index (χ2n) is 3.49. The summed E-state index contributed by atoms with van der Waals surface area (Å²) in [6.45, 7) is 0.913. The van der Waals surface area contributed by atoms with Crippen LogP contribution in [0.15, 0.2) is 30.4 Å². The van der Waals surface area contributed by atoms with Crippen LogP contribution in [0.1, 0.15) is 10.4 Å². The summed E-state index contributed by atoms with van der Waals surface area (Å²) in [7, 11) is 3.08. The van der Waals surface area contributed by atoms with Crippen LogP contribution < -0.4 is 20.5 Å². The summed E-state index contributed by atoms with van der Waals surface area (Å²) in [5.41, 5.74) is 5.82. The van der Waals surface area contributed by atoms with Gasteiger partial charge >= 0.3 is 0 Å². The first kappa shape index (κ1) is 14.1. The molecule has 0 aliphatic carbocycles. The van der Waals surface area contributed by atoms with Crippen LogP contribution in [-0.4, -0.2) is 33.2 Å². The number of hydrogen-bond acceptors (Lipinski definition) is 4. The van der Waals surface area contributed by atoms with Gasteiger partial charge in [-0.1, -0.05) is 12.2 Å². The SMILES string of the molecule is COc1ccc(C(=O)NC/C=C/CN)cc1OC. The van der Waals surface area contributed by atoms with Gasteiger partial charge < -0.3 is 20.5 Å². The van der Waals surface area contributed by atoms with E-state index in [1.54, 1.807) is 37.5 Å². The van der Waals surface area contributed by atoms with Crippen LogP contribution in [0.3, 0.4) is 0 Å². The van der Waals surface area contributed by atoms with Crippen molar-refractivity contribution in [3.05, 3.63) is 35.9 Å². The summed E-state index contributed by atoms with van der Waals surface area (Å²) < 4.78 is 10.2. The molecule has 0 saturated carbocycles. The van der Waals surface area contributed by atoms with Gasteiger partial charge in [0.2, 0.25) is 0 Å². The number of methoxy groups -OCH3 is 2. The second-order valence-corrected chi connectivity index (χ2v) is 3.49. The normalized spacial score (nSPS) is 10.4. The molecular weight excluding hydrogens is 232 g/mol. The van der Waals surface area contributed by atoms with Gasteiger partial charge in [-0.05, 0) is 18.2 Å². The number of carbonyl (C=O) groups is 1. The number of nitrogens with two attached hydrogens (primary N) is 1. The van der Waals surface area contributed by atoms with Gasteiger partial charge in [0.1, 0.15) is 0 Å². The lowest BCUT2D eigenvalue weighted by Crippen LogP contribution is -2.23. The van der Waals surface area contributed by atoms with Gasteiger partial charge in [-0.2, -0.15) is 0 Å². The van der Waals surface area contributed by atoms with Gasteiger partial charge in [0.05, 0.1) is 14.2 Å². The predicted octanol–water partition coefficient (Wildman–Crippen LogP) is 0.949. The van der Waals surface area contributed by atoms with Gasteiger partial charge in [0, 0.05) is 18.7 Å². The molecule has 1 aromatic carbocycles. The van der Waals surface area contributed by atoms with Crippen LogP contribution in [0.25, 0.3) is 0 Å². The number of carbonyl (C=O) groups excluding carboxylic acids is 1. The highest BCUT2D eigenvalue weighted by molar-refractivity contribution is 5.94. The standard InChI is InChI=1S/C13H18N2O3/c1-17-11-6-5-10(9-12(11)18-2)13(16)15-8-4-3-7-14/h3-6,9H,7-8,14H2,1-2H3,(H,15,16)/b4-3+. The average molecular weight is 250 g/mol. The Morgan fingerprint density at radius 3 is 2.61 bits per heavy atom. The Morgan fingerprint density at radius 2 is 2.00 bits per heavy atom. The highest BCUT2D eigenvalue weighted by Crippen LogP contribution is 2.27. The zero-order chi connectivity index (χ0) is 13.4. The Labute approximate surface area is 107 Å². The van der Waals surface area contributed by atoms with Crippen LogP contribution in [0.4, 0.5) is 0 Å². The zero-order valence-electron chi connectivity index (χ0n) is 10.6. The Morgan fingerprint density at radius 1 is 1.28 bits per heavy atom. The minimum Gasteiger partial charge on any atom is -0.493 e. The molecule has 5 heteroatoms. The van der Waals surface area contributed by atoms with Crippen LogP contribution in [0, 0.1) is 0 Å². The van der Waals surface area contributed by atoms with Crippen LogP contribution >= 0.6 is 0 Å². The van der Waals surface area contributed by atoms with Crippen molar-refractivity contribution < 1.29 is 14.3 Å². The number of nitrogens with one attached hydrogen (secondary N) is 1. The van der Waals surface area contributed by atoms with E-state index in [2.05, 4.69) is 5.32 Å². The summed E-state index contributed by atoms with van der Waals surface area (Å²) in [5, 5.41) is 2.74. The highest BCUT2D eigenvalue weighted by atomic mass is 16.5. The van der Waals surface area contributed by atoms with E-state index < -0.39 is 0 Å². The maximum absolute atomic E-state index is 11.8. The molecule has 0 unspecified atom stereocenters. The molecule has 3 N–H and O–H groups in total. The zero-order valence-corrected chi connectivity index (χ0v) is 10.6. The molecular formula is C13H18N2O3. The molecule has 1 amide bonds. The molecule has 0 heterocycles. The fourth-order valence-electron chi connectivity index (χ4n) is 1.41. The van der Waals surface area contributed by atoms with E-state index in [4.69, 9.17) is 15.2 Å². The maximum Gasteiger partial charge on any atom is 0.251 e. The van der Waals surface area contributed by atoms with Crippen molar-refractivity contribution in [2.45, 2.75) is 0 Å². The first-order valence-electron chi connectivity index (χ1n) is 5.58. The fourth-order valence-corrected chi connectivity index (χ4v) is 1.41. The quantitative estimate of drug-likeness (QED) is 0.737. The van der Waals surface area contributed by atoms with Crippen LogP contribution in [0.5, 0.6) is 11.5 Å². The molecule has 5 nitrogen and oxygen atoms in total. The van der Waals surface area contributed by atoms with Gasteiger partial charge in [-0.25, -0.2) is 0 Å². The number of rotatable bonds is 6. The third-order valence-corrected chi connectivity index (χ3v) is 2.33. The Kier molecular flexibility index (Phi) is 5.73. The van der Waals surface area contributed by atoms with Crippen LogP contribution in [-0.2, 0) is 0 Å².